The van der Waals surface area contributed by atoms with Crippen molar-refractivity contribution in [3.05, 3.63) is 0 Å². The summed E-state index contributed by atoms with van der Waals surface area (Å²) in [5.74, 6) is -0.955. The standard InChI is InChI=1S/C5H12N2O2.FH/c6-3-1-2-4(7)5(8)9;/h4H,1-3,6-7H2,(H,8,9);1H/t4-;/m0./s1. The van der Waals surface area contributed by atoms with Crippen LogP contribution in [0, 0.1) is 0 Å². The Balaban J connectivity index is 0. The second kappa shape index (κ2) is 6.44. The fraction of sp³-hybridized carbons (Fsp3) is 0.800. The molecule has 0 aliphatic carbocycles. The van der Waals surface area contributed by atoms with Crippen LogP contribution in [0.15, 0.2) is 0 Å². The molecule has 0 bridgehead atoms. The van der Waals surface area contributed by atoms with Gasteiger partial charge in [0.1, 0.15) is 6.04 Å². The van der Waals surface area contributed by atoms with E-state index in [1.165, 1.54) is 0 Å². The lowest BCUT2D eigenvalue weighted by atomic mass is 10.2. The lowest BCUT2D eigenvalue weighted by Crippen LogP contribution is -2.30. The maximum atomic E-state index is 10.0. The van der Waals surface area contributed by atoms with Crippen LogP contribution in [0.25, 0.3) is 0 Å². The van der Waals surface area contributed by atoms with Gasteiger partial charge < -0.3 is 16.6 Å². The number of rotatable bonds is 4. The summed E-state index contributed by atoms with van der Waals surface area (Å²) < 4.78 is 0. The van der Waals surface area contributed by atoms with E-state index in [1.54, 1.807) is 0 Å². The van der Waals surface area contributed by atoms with Gasteiger partial charge >= 0.3 is 5.97 Å². The quantitative estimate of drug-likeness (QED) is 0.496. The largest absolute Gasteiger partial charge is 0.480 e. The summed E-state index contributed by atoms with van der Waals surface area (Å²) in [7, 11) is 0. The van der Waals surface area contributed by atoms with Gasteiger partial charge in [-0.15, -0.1) is 0 Å². The zero-order valence-corrected chi connectivity index (χ0v) is 5.62. The van der Waals surface area contributed by atoms with Gasteiger partial charge in [0.05, 0.1) is 0 Å². The molecule has 62 valence electrons. The van der Waals surface area contributed by atoms with Gasteiger partial charge in [0, 0.05) is 0 Å². The van der Waals surface area contributed by atoms with E-state index >= 15 is 0 Å². The third-order valence-corrected chi connectivity index (χ3v) is 1.04. The fourth-order valence-electron chi connectivity index (χ4n) is 0.461. The van der Waals surface area contributed by atoms with Crippen LogP contribution in [0.1, 0.15) is 12.8 Å². The van der Waals surface area contributed by atoms with Gasteiger partial charge in [-0.1, -0.05) is 0 Å². The first kappa shape index (κ1) is 12.0. The summed E-state index contributed by atoms with van der Waals surface area (Å²) in [4.78, 5) is 10.0. The number of nitrogens with two attached hydrogens (primary N) is 2. The maximum absolute atomic E-state index is 10.0. The van der Waals surface area contributed by atoms with E-state index in [0.29, 0.717) is 19.4 Å². The molecule has 0 rings (SSSR count). The van der Waals surface area contributed by atoms with Crippen LogP contribution in [-0.4, -0.2) is 23.7 Å². The second-order valence-electron chi connectivity index (χ2n) is 1.88. The van der Waals surface area contributed by atoms with Crippen LogP contribution in [-0.2, 0) is 4.79 Å². The van der Waals surface area contributed by atoms with Crippen LogP contribution in [0.4, 0.5) is 4.70 Å². The molecule has 0 aromatic carbocycles. The summed E-state index contributed by atoms with van der Waals surface area (Å²) in [6.07, 6.45) is 1.14. The topological polar surface area (TPSA) is 89.3 Å². The van der Waals surface area contributed by atoms with E-state index in [4.69, 9.17) is 16.6 Å². The monoisotopic (exact) mass is 152 g/mol. The lowest BCUT2D eigenvalue weighted by molar-refractivity contribution is -0.138. The molecule has 5 heteroatoms. The van der Waals surface area contributed by atoms with Crippen LogP contribution < -0.4 is 11.5 Å². The minimum Gasteiger partial charge on any atom is -0.480 e. The lowest BCUT2D eigenvalue weighted by Gasteiger charge is -2.02. The molecule has 0 amide bonds. The van der Waals surface area contributed by atoms with Crippen LogP contribution >= 0.6 is 0 Å². The summed E-state index contributed by atoms with van der Waals surface area (Å²) >= 11 is 0. The summed E-state index contributed by atoms with van der Waals surface area (Å²) in [6, 6.07) is -0.742. The maximum Gasteiger partial charge on any atom is 0.320 e. The number of aliphatic carboxylic acids is 1. The van der Waals surface area contributed by atoms with Crippen molar-refractivity contribution in [3.8, 4) is 0 Å². The van der Waals surface area contributed by atoms with Gasteiger partial charge in [-0.3, -0.25) is 9.50 Å². The first-order valence-corrected chi connectivity index (χ1v) is 2.87. The summed E-state index contributed by atoms with van der Waals surface area (Å²) in [5, 5.41) is 8.24. The van der Waals surface area contributed by atoms with E-state index in [-0.39, 0.29) is 4.70 Å². The van der Waals surface area contributed by atoms with E-state index in [0.717, 1.165) is 0 Å². The van der Waals surface area contributed by atoms with Gasteiger partial charge in [0.25, 0.3) is 0 Å². The van der Waals surface area contributed by atoms with Gasteiger partial charge in [-0.25, -0.2) is 0 Å². The molecule has 0 aromatic heterocycles. The minimum atomic E-state index is -0.955. The zero-order valence-electron chi connectivity index (χ0n) is 5.62. The molecule has 10 heavy (non-hydrogen) atoms. The van der Waals surface area contributed by atoms with Crippen molar-refractivity contribution in [1.29, 1.82) is 0 Å². The third kappa shape index (κ3) is 5.46. The number of carboxylic acids is 1. The molecule has 0 unspecified atom stereocenters. The molecule has 0 heterocycles. The zero-order chi connectivity index (χ0) is 7.28. The minimum absolute atomic E-state index is 0. The first-order chi connectivity index (χ1) is 4.18. The highest BCUT2D eigenvalue weighted by Crippen LogP contribution is 1.91. The van der Waals surface area contributed by atoms with Crippen molar-refractivity contribution >= 4 is 5.97 Å². The number of hydrogen-bond acceptors (Lipinski definition) is 3. The molecule has 0 radical (unpaired) electrons. The molecule has 0 saturated carbocycles. The Morgan fingerprint density at radius 1 is 1.60 bits per heavy atom. The van der Waals surface area contributed by atoms with Crippen molar-refractivity contribution < 1.29 is 14.6 Å². The summed E-state index contributed by atoms with van der Waals surface area (Å²) in [6.45, 7) is 0.501. The van der Waals surface area contributed by atoms with E-state index in [2.05, 4.69) is 0 Å². The molecule has 0 saturated heterocycles. The van der Waals surface area contributed by atoms with Gasteiger partial charge in [0.15, 0.2) is 0 Å². The van der Waals surface area contributed by atoms with Gasteiger partial charge in [-0.2, -0.15) is 0 Å². The van der Waals surface area contributed by atoms with Crippen LogP contribution in [0.5, 0.6) is 0 Å². The molecule has 0 aliphatic rings. The Hall–Kier alpha value is -0.680. The van der Waals surface area contributed by atoms with Crippen LogP contribution in [0.2, 0.25) is 0 Å². The Bertz CT molecular complexity index is 99.6. The smallest absolute Gasteiger partial charge is 0.320 e. The molecular weight excluding hydrogens is 139 g/mol. The average Bonchev–Trinajstić information content (AvgIpc) is 1.82. The van der Waals surface area contributed by atoms with E-state index in [9.17, 15) is 4.79 Å². The number of carboxylic acid groups (broad SMARTS) is 1. The van der Waals surface area contributed by atoms with E-state index in [1.807, 2.05) is 0 Å². The van der Waals surface area contributed by atoms with Crippen molar-refractivity contribution in [3.63, 3.8) is 0 Å². The predicted octanol–water partition coefficient (Wildman–Crippen LogP) is -0.710. The van der Waals surface area contributed by atoms with Gasteiger partial charge in [0.2, 0.25) is 0 Å². The molecule has 5 N–H and O–H groups in total. The van der Waals surface area contributed by atoms with Crippen molar-refractivity contribution in [2.24, 2.45) is 11.5 Å². The first-order valence-electron chi connectivity index (χ1n) is 2.87. The predicted molar refractivity (Wildman–Crippen MR) is 36.4 cm³/mol. The molecule has 0 aliphatic heterocycles. The normalized spacial score (nSPS) is 11.8. The summed E-state index contributed by atoms with van der Waals surface area (Å²) in [5.41, 5.74) is 10.3. The molecule has 1 atom stereocenters. The van der Waals surface area contributed by atoms with Crippen molar-refractivity contribution in [1.82, 2.24) is 0 Å². The Kier molecular flexibility index (Phi) is 7.75. The molecule has 0 aromatic rings. The van der Waals surface area contributed by atoms with Gasteiger partial charge in [-0.05, 0) is 19.4 Å². The van der Waals surface area contributed by atoms with E-state index < -0.39 is 12.0 Å². The average molecular weight is 152 g/mol. The number of halogens is 1. The Morgan fingerprint density at radius 2 is 2.10 bits per heavy atom. The SMILES string of the molecule is F.NCCC[C@H](N)C(=O)O. The highest BCUT2D eigenvalue weighted by molar-refractivity contribution is 5.72. The van der Waals surface area contributed by atoms with Crippen molar-refractivity contribution in [2.75, 3.05) is 6.54 Å². The molecule has 0 spiro atoms. The van der Waals surface area contributed by atoms with Crippen LogP contribution in [0.3, 0.4) is 0 Å². The van der Waals surface area contributed by atoms with Crippen molar-refractivity contribution in [2.45, 2.75) is 18.9 Å². The second-order valence-corrected chi connectivity index (χ2v) is 1.88. The third-order valence-electron chi connectivity index (χ3n) is 1.04. The fourth-order valence-corrected chi connectivity index (χ4v) is 0.461. The molecule has 0 fully saturated rings. The molecule has 4 nitrogen and oxygen atoms in total. The number of hydrogen-bond donors (Lipinski definition) is 3. The number of carbonyl (C=O) groups is 1. The molecular formula is C5H13FN2O2. The Morgan fingerprint density at radius 3 is 2.40 bits per heavy atom. The highest BCUT2D eigenvalue weighted by Gasteiger charge is 2.08. The Labute approximate surface area is 58.6 Å². The highest BCUT2D eigenvalue weighted by atomic mass is 19.0.